The molecule has 0 atom stereocenters. The second kappa shape index (κ2) is 8.44. The Morgan fingerprint density at radius 3 is 2.52 bits per heavy atom. The molecule has 130 valence electrons. The number of non-ortho nitro benzene ring substituents is 1. The van der Waals surface area contributed by atoms with Gasteiger partial charge >= 0.3 is 0 Å². The highest BCUT2D eigenvalue weighted by Gasteiger charge is 2.07. The molecule has 0 heterocycles. The van der Waals surface area contributed by atoms with Gasteiger partial charge in [-0.05, 0) is 36.8 Å². The van der Waals surface area contributed by atoms with Gasteiger partial charge < -0.3 is 10.1 Å². The maximum absolute atomic E-state index is 11.9. The van der Waals surface area contributed by atoms with Gasteiger partial charge in [0.2, 0.25) is 0 Å². The summed E-state index contributed by atoms with van der Waals surface area (Å²) < 4.78 is 5.19. The number of carbonyl (C=O) groups excluding carboxylic acids is 1. The molecule has 0 aliphatic carbocycles. The summed E-state index contributed by atoms with van der Waals surface area (Å²) in [5.74, 6) is 0.313. The third-order valence-corrected chi connectivity index (χ3v) is 3.39. The number of benzene rings is 2. The topological polar surface area (TPSA) is 106 Å². The number of hydrogen-bond acceptors (Lipinski definition) is 6. The molecule has 2 aromatic rings. The minimum absolute atomic E-state index is 0.00148. The quantitative estimate of drug-likeness (QED) is 0.457. The van der Waals surface area contributed by atoms with Crippen molar-refractivity contribution < 1.29 is 14.5 Å². The van der Waals surface area contributed by atoms with Gasteiger partial charge in [0.1, 0.15) is 5.75 Å². The van der Waals surface area contributed by atoms with E-state index in [-0.39, 0.29) is 18.1 Å². The number of anilines is 1. The van der Waals surface area contributed by atoms with Crippen LogP contribution in [0.2, 0.25) is 0 Å². The highest BCUT2D eigenvalue weighted by atomic mass is 16.6. The summed E-state index contributed by atoms with van der Waals surface area (Å²) in [5.41, 5.74) is 4.37. The molecule has 0 radical (unpaired) electrons. The lowest BCUT2D eigenvalue weighted by Crippen LogP contribution is -2.26. The Balaban J connectivity index is 1.91. The fourth-order valence-electron chi connectivity index (χ4n) is 2.04. The van der Waals surface area contributed by atoms with E-state index in [1.165, 1.54) is 12.1 Å². The number of rotatable bonds is 7. The molecule has 2 aromatic carbocycles. The first-order valence-corrected chi connectivity index (χ1v) is 7.46. The molecule has 0 bridgehead atoms. The zero-order valence-electron chi connectivity index (χ0n) is 13.9. The molecule has 0 aliphatic rings. The summed E-state index contributed by atoms with van der Waals surface area (Å²) in [6, 6.07) is 13.2. The molecular formula is C17H18N4O4. The van der Waals surface area contributed by atoms with Crippen LogP contribution in [0.1, 0.15) is 12.5 Å². The third kappa shape index (κ3) is 5.03. The zero-order valence-corrected chi connectivity index (χ0v) is 13.9. The van der Waals surface area contributed by atoms with Gasteiger partial charge in [0.05, 0.1) is 30.0 Å². The average Bonchev–Trinajstić information content (AvgIpc) is 2.64. The van der Waals surface area contributed by atoms with Crippen LogP contribution < -0.4 is 15.5 Å². The lowest BCUT2D eigenvalue weighted by atomic mass is 10.1. The largest absolute Gasteiger partial charge is 0.495 e. The third-order valence-electron chi connectivity index (χ3n) is 3.39. The number of nitrogens with zero attached hydrogens (tertiary/aromatic N) is 2. The van der Waals surface area contributed by atoms with E-state index in [0.717, 1.165) is 0 Å². The molecule has 8 heteroatoms. The van der Waals surface area contributed by atoms with Crippen LogP contribution in [0.15, 0.2) is 53.6 Å². The summed E-state index contributed by atoms with van der Waals surface area (Å²) in [6.45, 7) is 1.73. The number of carbonyl (C=O) groups is 1. The predicted octanol–water partition coefficient (Wildman–Crippen LogP) is 2.56. The van der Waals surface area contributed by atoms with Crippen LogP contribution in [-0.2, 0) is 4.79 Å². The maximum atomic E-state index is 11.9. The van der Waals surface area contributed by atoms with Crippen molar-refractivity contribution >= 4 is 23.0 Å². The lowest BCUT2D eigenvalue weighted by Gasteiger charge is -2.10. The van der Waals surface area contributed by atoms with Gasteiger partial charge in [-0.1, -0.05) is 12.1 Å². The monoisotopic (exact) mass is 342 g/mol. The molecule has 2 rings (SSSR count). The van der Waals surface area contributed by atoms with Gasteiger partial charge in [-0.3, -0.25) is 14.9 Å². The first-order chi connectivity index (χ1) is 12.0. The molecule has 2 N–H and O–H groups in total. The number of nitro benzene ring substituents is 1. The van der Waals surface area contributed by atoms with Gasteiger partial charge in [0.25, 0.3) is 11.6 Å². The van der Waals surface area contributed by atoms with E-state index >= 15 is 0 Å². The van der Waals surface area contributed by atoms with Gasteiger partial charge in [-0.2, -0.15) is 5.10 Å². The second-order valence-corrected chi connectivity index (χ2v) is 5.09. The Bertz CT molecular complexity index is 787. The number of hydrazone groups is 1. The zero-order chi connectivity index (χ0) is 18.2. The van der Waals surface area contributed by atoms with E-state index in [9.17, 15) is 14.9 Å². The summed E-state index contributed by atoms with van der Waals surface area (Å²) in [7, 11) is 1.55. The van der Waals surface area contributed by atoms with Crippen LogP contribution in [0.25, 0.3) is 0 Å². The van der Waals surface area contributed by atoms with Crippen LogP contribution in [0.3, 0.4) is 0 Å². The Morgan fingerprint density at radius 2 is 1.88 bits per heavy atom. The van der Waals surface area contributed by atoms with Crippen molar-refractivity contribution in [2.24, 2.45) is 5.10 Å². The minimum Gasteiger partial charge on any atom is -0.495 e. The van der Waals surface area contributed by atoms with Gasteiger partial charge in [-0.25, -0.2) is 5.43 Å². The Morgan fingerprint density at radius 1 is 1.20 bits per heavy atom. The molecule has 0 spiro atoms. The van der Waals surface area contributed by atoms with Crippen LogP contribution >= 0.6 is 0 Å². The molecule has 0 aromatic heterocycles. The summed E-state index contributed by atoms with van der Waals surface area (Å²) >= 11 is 0. The van der Waals surface area contributed by atoms with Crippen LogP contribution in [0.5, 0.6) is 5.75 Å². The normalized spacial score (nSPS) is 10.9. The van der Waals surface area contributed by atoms with E-state index in [1.807, 2.05) is 12.1 Å². The van der Waals surface area contributed by atoms with Crippen molar-refractivity contribution in [1.29, 1.82) is 0 Å². The molecule has 0 saturated heterocycles. The first kappa shape index (κ1) is 17.9. The molecule has 8 nitrogen and oxygen atoms in total. The SMILES string of the molecule is COc1ccccc1NCC(=O)N/N=C(\C)c1ccc([N+](=O)[O-])cc1. The van der Waals surface area contributed by atoms with E-state index in [0.29, 0.717) is 22.7 Å². The molecular weight excluding hydrogens is 324 g/mol. The Labute approximate surface area is 144 Å². The van der Waals surface area contributed by atoms with Crippen LogP contribution in [-0.4, -0.2) is 30.2 Å². The van der Waals surface area contributed by atoms with Crippen molar-refractivity contribution in [2.45, 2.75) is 6.92 Å². The molecule has 25 heavy (non-hydrogen) atoms. The van der Waals surface area contributed by atoms with E-state index in [2.05, 4.69) is 15.8 Å². The Kier molecular flexibility index (Phi) is 6.05. The smallest absolute Gasteiger partial charge is 0.269 e. The average molecular weight is 342 g/mol. The van der Waals surface area contributed by atoms with Crippen LogP contribution in [0, 0.1) is 10.1 Å². The summed E-state index contributed by atoms with van der Waals surface area (Å²) in [4.78, 5) is 22.0. The highest BCUT2D eigenvalue weighted by molar-refractivity contribution is 5.99. The Hall–Kier alpha value is -3.42. The van der Waals surface area contributed by atoms with E-state index < -0.39 is 4.92 Å². The highest BCUT2D eigenvalue weighted by Crippen LogP contribution is 2.22. The molecule has 1 amide bonds. The van der Waals surface area contributed by atoms with E-state index in [4.69, 9.17) is 4.74 Å². The standard InChI is InChI=1S/C17H18N4O4/c1-12(13-7-9-14(10-8-13)21(23)24)19-20-17(22)11-18-15-5-3-4-6-16(15)25-2/h3-10,18H,11H2,1-2H3,(H,20,22)/b19-12+. The van der Waals surface area contributed by atoms with E-state index in [1.54, 1.807) is 38.3 Å². The van der Waals surface area contributed by atoms with Crippen molar-refractivity contribution in [3.8, 4) is 5.75 Å². The van der Waals surface area contributed by atoms with Crippen molar-refractivity contribution in [2.75, 3.05) is 19.0 Å². The maximum Gasteiger partial charge on any atom is 0.269 e. The fourth-order valence-corrected chi connectivity index (χ4v) is 2.04. The number of nitrogens with one attached hydrogen (secondary N) is 2. The van der Waals surface area contributed by atoms with Crippen molar-refractivity contribution in [1.82, 2.24) is 5.43 Å². The molecule has 0 fully saturated rings. The first-order valence-electron chi connectivity index (χ1n) is 7.46. The fraction of sp³-hybridized carbons (Fsp3) is 0.176. The predicted molar refractivity (Wildman–Crippen MR) is 94.9 cm³/mol. The number of ether oxygens (including phenoxy) is 1. The molecule has 0 unspecified atom stereocenters. The number of hydrogen-bond donors (Lipinski definition) is 2. The van der Waals surface area contributed by atoms with Gasteiger partial charge in [0.15, 0.2) is 0 Å². The lowest BCUT2D eigenvalue weighted by molar-refractivity contribution is -0.384. The van der Waals surface area contributed by atoms with Gasteiger partial charge in [0, 0.05) is 12.1 Å². The summed E-state index contributed by atoms with van der Waals surface area (Å²) in [6.07, 6.45) is 0. The summed E-state index contributed by atoms with van der Waals surface area (Å²) in [5, 5.41) is 17.6. The number of amides is 1. The number of methoxy groups -OCH3 is 1. The second-order valence-electron chi connectivity index (χ2n) is 5.09. The van der Waals surface area contributed by atoms with Crippen LogP contribution in [0.4, 0.5) is 11.4 Å². The minimum atomic E-state index is -0.471. The number of nitro groups is 1. The molecule has 0 aliphatic heterocycles. The molecule has 0 saturated carbocycles. The number of para-hydroxylation sites is 2. The van der Waals surface area contributed by atoms with Crippen molar-refractivity contribution in [3.63, 3.8) is 0 Å². The van der Waals surface area contributed by atoms with Crippen molar-refractivity contribution in [3.05, 3.63) is 64.2 Å². The van der Waals surface area contributed by atoms with Gasteiger partial charge in [-0.15, -0.1) is 0 Å².